The zero-order valence-corrected chi connectivity index (χ0v) is 9.78. The summed E-state index contributed by atoms with van der Waals surface area (Å²) in [6.45, 7) is 2.00. The van der Waals surface area contributed by atoms with Crippen LogP contribution < -0.4 is 0 Å². The predicted molar refractivity (Wildman–Crippen MR) is 69.8 cm³/mol. The highest BCUT2D eigenvalue weighted by atomic mass is 35.5. The summed E-state index contributed by atoms with van der Waals surface area (Å²) >= 11 is 5.84. The van der Waals surface area contributed by atoms with Crippen molar-refractivity contribution in [3.8, 4) is 0 Å². The fraction of sp³-hybridized carbons (Fsp3) is 0.0714. The van der Waals surface area contributed by atoms with Gasteiger partial charge in [0.1, 0.15) is 0 Å². The summed E-state index contributed by atoms with van der Waals surface area (Å²) in [5, 5.41) is 0.747. The molecule has 0 aliphatic rings. The van der Waals surface area contributed by atoms with Crippen LogP contribution in [0.1, 0.15) is 12.5 Å². The molecule has 0 spiro atoms. The topological polar surface area (TPSA) is 12.4 Å². The number of rotatable bonds is 2. The summed E-state index contributed by atoms with van der Waals surface area (Å²) in [6.07, 6.45) is 0. The Hall–Kier alpha value is -1.60. The maximum absolute atomic E-state index is 5.84. The summed E-state index contributed by atoms with van der Waals surface area (Å²) in [5.41, 5.74) is 3.05. The highest BCUT2D eigenvalue weighted by molar-refractivity contribution is 6.30. The smallest absolute Gasteiger partial charge is 0.0633 e. The van der Waals surface area contributed by atoms with Crippen LogP contribution in [0.5, 0.6) is 0 Å². The summed E-state index contributed by atoms with van der Waals surface area (Å²) in [5.74, 6) is 0. The molecule has 0 saturated carbocycles. The molecule has 0 radical (unpaired) electrons. The number of benzene rings is 2. The molecule has 0 bridgehead atoms. The number of para-hydroxylation sites is 1. The normalized spacial score (nSPS) is 11.5. The van der Waals surface area contributed by atoms with E-state index in [1.165, 1.54) is 0 Å². The summed E-state index contributed by atoms with van der Waals surface area (Å²) in [6, 6.07) is 17.6. The molecule has 2 heteroatoms. The van der Waals surface area contributed by atoms with Crippen LogP contribution in [0.15, 0.2) is 59.6 Å². The minimum absolute atomic E-state index is 0.747. The van der Waals surface area contributed by atoms with Gasteiger partial charge in [0.15, 0.2) is 0 Å². The van der Waals surface area contributed by atoms with Crippen LogP contribution in [0.3, 0.4) is 0 Å². The molecule has 0 aromatic heterocycles. The second kappa shape index (κ2) is 4.95. The quantitative estimate of drug-likeness (QED) is 0.674. The van der Waals surface area contributed by atoms with Crippen LogP contribution in [0.4, 0.5) is 5.69 Å². The van der Waals surface area contributed by atoms with Gasteiger partial charge in [0.05, 0.1) is 5.69 Å². The number of aliphatic imine (C=N–C) groups is 1. The lowest BCUT2D eigenvalue weighted by Gasteiger charge is -2.01. The van der Waals surface area contributed by atoms with E-state index < -0.39 is 0 Å². The van der Waals surface area contributed by atoms with Crippen molar-refractivity contribution in [2.24, 2.45) is 4.99 Å². The van der Waals surface area contributed by atoms with Crippen molar-refractivity contribution in [2.45, 2.75) is 6.92 Å². The zero-order valence-electron chi connectivity index (χ0n) is 9.02. The highest BCUT2D eigenvalue weighted by Crippen LogP contribution is 2.15. The molecule has 0 heterocycles. The van der Waals surface area contributed by atoms with Crippen molar-refractivity contribution in [3.05, 3.63) is 65.2 Å². The van der Waals surface area contributed by atoms with E-state index in [2.05, 4.69) is 4.99 Å². The van der Waals surface area contributed by atoms with Gasteiger partial charge >= 0.3 is 0 Å². The van der Waals surface area contributed by atoms with E-state index in [9.17, 15) is 0 Å². The molecule has 0 saturated heterocycles. The average Bonchev–Trinajstić information content (AvgIpc) is 2.31. The molecule has 0 aliphatic carbocycles. The lowest BCUT2D eigenvalue weighted by atomic mass is 10.1. The second-order valence-electron chi connectivity index (χ2n) is 3.54. The molecule has 0 N–H and O–H groups in total. The zero-order chi connectivity index (χ0) is 11.4. The summed E-state index contributed by atoms with van der Waals surface area (Å²) in [7, 11) is 0. The van der Waals surface area contributed by atoms with Gasteiger partial charge < -0.3 is 0 Å². The van der Waals surface area contributed by atoms with Crippen LogP contribution in [0, 0.1) is 0 Å². The van der Waals surface area contributed by atoms with E-state index in [1.807, 2.05) is 61.5 Å². The molecule has 80 valence electrons. The van der Waals surface area contributed by atoms with Gasteiger partial charge in [0.25, 0.3) is 0 Å². The van der Waals surface area contributed by atoms with Crippen molar-refractivity contribution in [1.29, 1.82) is 0 Å². The lowest BCUT2D eigenvalue weighted by Crippen LogP contribution is -1.92. The Balaban J connectivity index is 2.28. The Labute approximate surface area is 100 Å². The van der Waals surface area contributed by atoms with Crippen LogP contribution in [0.2, 0.25) is 5.02 Å². The van der Waals surface area contributed by atoms with Crippen LogP contribution in [-0.2, 0) is 0 Å². The van der Waals surface area contributed by atoms with Crippen molar-refractivity contribution in [2.75, 3.05) is 0 Å². The van der Waals surface area contributed by atoms with Gasteiger partial charge in [-0.2, -0.15) is 0 Å². The van der Waals surface area contributed by atoms with Gasteiger partial charge in [-0.1, -0.05) is 41.9 Å². The van der Waals surface area contributed by atoms with Crippen LogP contribution in [-0.4, -0.2) is 5.71 Å². The maximum Gasteiger partial charge on any atom is 0.0633 e. The van der Waals surface area contributed by atoms with Gasteiger partial charge in [-0.15, -0.1) is 0 Å². The third kappa shape index (κ3) is 2.71. The van der Waals surface area contributed by atoms with Crippen molar-refractivity contribution < 1.29 is 0 Å². The molecule has 16 heavy (non-hydrogen) atoms. The Morgan fingerprint density at radius 2 is 1.56 bits per heavy atom. The van der Waals surface area contributed by atoms with Crippen molar-refractivity contribution in [1.82, 2.24) is 0 Å². The third-order valence-electron chi connectivity index (χ3n) is 2.31. The van der Waals surface area contributed by atoms with Gasteiger partial charge in [0, 0.05) is 10.7 Å². The van der Waals surface area contributed by atoms with Gasteiger partial charge in [-0.3, -0.25) is 4.99 Å². The molecule has 2 aromatic carbocycles. The Morgan fingerprint density at radius 1 is 0.938 bits per heavy atom. The van der Waals surface area contributed by atoms with Crippen molar-refractivity contribution >= 4 is 23.0 Å². The number of halogens is 1. The molecular formula is C14H12ClN. The molecule has 0 fully saturated rings. The molecule has 2 rings (SSSR count). The fourth-order valence-electron chi connectivity index (χ4n) is 1.45. The van der Waals surface area contributed by atoms with Crippen LogP contribution >= 0.6 is 11.6 Å². The van der Waals surface area contributed by atoms with Gasteiger partial charge in [-0.25, -0.2) is 0 Å². The number of hydrogen-bond acceptors (Lipinski definition) is 1. The first-order valence-electron chi connectivity index (χ1n) is 5.12. The minimum Gasteiger partial charge on any atom is -0.253 e. The standard InChI is InChI=1S/C14H12ClN/c1-11(12-7-9-13(15)10-8-12)16-14-5-3-2-4-6-14/h2-10H,1H3. The maximum atomic E-state index is 5.84. The highest BCUT2D eigenvalue weighted by Gasteiger charge is 1.97. The fourth-order valence-corrected chi connectivity index (χ4v) is 1.58. The first kappa shape index (κ1) is 10.9. The third-order valence-corrected chi connectivity index (χ3v) is 2.57. The van der Waals surface area contributed by atoms with Crippen LogP contribution in [0.25, 0.3) is 0 Å². The molecule has 0 aliphatic heterocycles. The first-order chi connectivity index (χ1) is 7.75. The average molecular weight is 230 g/mol. The van der Waals surface area contributed by atoms with E-state index in [0.29, 0.717) is 0 Å². The predicted octanol–water partition coefficient (Wildman–Crippen LogP) is 4.48. The molecule has 2 aromatic rings. The summed E-state index contributed by atoms with van der Waals surface area (Å²) < 4.78 is 0. The Morgan fingerprint density at radius 3 is 2.19 bits per heavy atom. The monoisotopic (exact) mass is 229 g/mol. The second-order valence-corrected chi connectivity index (χ2v) is 3.98. The van der Waals surface area contributed by atoms with E-state index in [0.717, 1.165) is 22.0 Å². The van der Waals surface area contributed by atoms with E-state index in [4.69, 9.17) is 11.6 Å². The Bertz CT molecular complexity index is 486. The summed E-state index contributed by atoms with van der Waals surface area (Å²) in [4.78, 5) is 4.53. The lowest BCUT2D eigenvalue weighted by molar-refractivity contribution is 1.47. The largest absolute Gasteiger partial charge is 0.253 e. The molecule has 0 atom stereocenters. The van der Waals surface area contributed by atoms with Gasteiger partial charge in [-0.05, 0) is 36.8 Å². The van der Waals surface area contributed by atoms with E-state index in [-0.39, 0.29) is 0 Å². The molecule has 0 unspecified atom stereocenters. The minimum atomic E-state index is 0.747. The Kier molecular flexibility index (Phi) is 3.37. The number of hydrogen-bond donors (Lipinski definition) is 0. The molecule has 0 amide bonds. The number of nitrogens with zero attached hydrogens (tertiary/aromatic N) is 1. The van der Waals surface area contributed by atoms with Gasteiger partial charge in [0.2, 0.25) is 0 Å². The SMILES string of the molecule is CC(=Nc1ccccc1)c1ccc(Cl)cc1. The molecule has 1 nitrogen and oxygen atoms in total. The molecular weight excluding hydrogens is 218 g/mol. The van der Waals surface area contributed by atoms with Crippen molar-refractivity contribution in [3.63, 3.8) is 0 Å². The van der Waals surface area contributed by atoms with E-state index in [1.54, 1.807) is 0 Å². The first-order valence-corrected chi connectivity index (χ1v) is 5.50. The van der Waals surface area contributed by atoms with E-state index >= 15 is 0 Å².